The van der Waals surface area contributed by atoms with Gasteiger partial charge in [-0.1, -0.05) is 5.92 Å². The van der Waals surface area contributed by atoms with Crippen LogP contribution in [0.25, 0.3) is 0 Å². The maximum atomic E-state index is 4.20. The molecule has 1 aromatic rings. The van der Waals surface area contributed by atoms with Crippen LogP contribution in [0.15, 0.2) is 0 Å². The average Bonchev–Trinajstić information content (AvgIpc) is 2.83. The van der Waals surface area contributed by atoms with E-state index in [0.29, 0.717) is 12.5 Å². The van der Waals surface area contributed by atoms with Crippen molar-refractivity contribution in [1.82, 2.24) is 20.2 Å². The Bertz CT molecular complexity index is 331. The molecule has 0 radical (unpaired) electrons. The van der Waals surface area contributed by atoms with E-state index in [1.807, 2.05) is 22.6 Å². The number of tetrazole rings is 1. The summed E-state index contributed by atoms with van der Waals surface area (Å²) in [6, 6.07) is 0. The SMILES string of the molecule is IC#CCn1nnc(C2CC2)n1. The van der Waals surface area contributed by atoms with Crippen molar-refractivity contribution in [2.45, 2.75) is 25.3 Å². The molecule has 62 valence electrons. The summed E-state index contributed by atoms with van der Waals surface area (Å²) >= 11 is 2.00. The largest absolute Gasteiger partial charge is 0.177 e. The molecule has 1 heterocycles. The number of hydrogen-bond acceptors (Lipinski definition) is 3. The topological polar surface area (TPSA) is 43.6 Å². The first-order chi connectivity index (χ1) is 5.90. The van der Waals surface area contributed by atoms with Crippen molar-refractivity contribution in [2.75, 3.05) is 0 Å². The van der Waals surface area contributed by atoms with E-state index in [9.17, 15) is 0 Å². The summed E-state index contributed by atoms with van der Waals surface area (Å²) in [6.07, 6.45) is 2.42. The molecule has 0 aromatic carbocycles. The van der Waals surface area contributed by atoms with Crippen LogP contribution in [0.2, 0.25) is 0 Å². The molecule has 2 rings (SSSR count). The molecule has 5 heteroatoms. The fourth-order valence-corrected chi connectivity index (χ4v) is 1.10. The number of halogens is 1. The molecular weight excluding hydrogens is 267 g/mol. The Kier molecular flexibility index (Phi) is 2.26. The lowest BCUT2D eigenvalue weighted by atomic mass is 10.4. The normalized spacial score (nSPS) is 15.4. The molecular formula is C7H7IN4. The molecule has 0 unspecified atom stereocenters. The summed E-state index contributed by atoms with van der Waals surface area (Å²) in [5.41, 5.74) is 0. The van der Waals surface area contributed by atoms with E-state index in [0.717, 1.165) is 5.82 Å². The smallest absolute Gasteiger partial charge is 0.152 e. The molecule has 0 N–H and O–H groups in total. The summed E-state index contributed by atoms with van der Waals surface area (Å²) in [7, 11) is 0. The minimum atomic E-state index is 0.544. The van der Waals surface area contributed by atoms with E-state index in [1.165, 1.54) is 12.8 Å². The monoisotopic (exact) mass is 274 g/mol. The molecule has 1 aliphatic rings. The van der Waals surface area contributed by atoms with E-state index in [4.69, 9.17) is 0 Å². The highest BCUT2D eigenvalue weighted by Gasteiger charge is 2.28. The summed E-state index contributed by atoms with van der Waals surface area (Å²) in [4.78, 5) is 1.54. The number of hydrogen-bond donors (Lipinski definition) is 0. The fourth-order valence-electron chi connectivity index (χ4n) is 0.928. The Hall–Kier alpha value is -0.640. The van der Waals surface area contributed by atoms with Gasteiger partial charge in [0, 0.05) is 28.5 Å². The molecule has 12 heavy (non-hydrogen) atoms. The van der Waals surface area contributed by atoms with Crippen molar-refractivity contribution in [3.05, 3.63) is 5.82 Å². The van der Waals surface area contributed by atoms with Gasteiger partial charge >= 0.3 is 0 Å². The molecule has 0 bridgehead atoms. The molecule has 0 saturated heterocycles. The lowest BCUT2D eigenvalue weighted by Crippen LogP contribution is -2.00. The molecule has 4 nitrogen and oxygen atoms in total. The van der Waals surface area contributed by atoms with Gasteiger partial charge in [-0.2, -0.15) is 4.80 Å². The third kappa shape index (κ3) is 1.75. The Morgan fingerprint density at radius 3 is 3.08 bits per heavy atom. The maximum Gasteiger partial charge on any atom is 0.177 e. The minimum Gasteiger partial charge on any atom is -0.152 e. The predicted molar refractivity (Wildman–Crippen MR) is 51.6 cm³/mol. The van der Waals surface area contributed by atoms with Crippen LogP contribution in [-0.4, -0.2) is 20.2 Å². The zero-order valence-corrected chi connectivity index (χ0v) is 8.52. The molecule has 1 saturated carbocycles. The average molecular weight is 274 g/mol. The lowest BCUT2D eigenvalue weighted by Gasteiger charge is -1.85. The van der Waals surface area contributed by atoms with Gasteiger partial charge in [-0.05, 0) is 22.0 Å². The summed E-state index contributed by atoms with van der Waals surface area (Å²) in [6.45, 7) is 0.544. The fraction of sp³-hybridized carbons (Fsp3) is 0.571. The molecule has 0 atom stereocenters. The van der Waals surface area contributed by atoms with Crippen molar-refractivity contribution in [2.24, 2.45) is 0 Å². The zero-order valence-electron chi connectivity index (χ0n) is 6.37. The first-order valence-electron chi connectivity index (χ1n) is 3.76. The highest BCUT2D eigenvalue weighted by Crippen LogP contribution is 2.37. The van der Waals surface area contributed by atoms with Crippen LogP contribution >= 0.6 is 22.6 Å². The van der Waals surface area contributed by atoms with Crippen LogP contribution in [0.4, 0.5) is 0 Å². The molecule has 1 aromatic heterocycles. The van der Waals surface area contributed by atoms with Crippen molar-refractivity contribution in [3.63, 3.8) is 0 Å². The highest BCUT2D eigenvalue weighted by molar-refractivity contribution is 14.1. The second kappa shape index (κ2) is 3.39. The van der Waals surface area contributed by atoms with Crippen LogP contribution in [0.1, 0.15) is 24.6 Å². The van der Waals surface area contributed by atoms with E-state index in [-0.39, 0.29) is 0 Å². The molecule has 1 fully saturated rings. The second-order valence-corrected chi connectivity index (χ2v) is 3.26. The third-order valence-electron chi connectivity index (χ3n) is 1.70. The quantitative estimate of drug-likeness (QED) is 0.595. The van der Waals surface area contributed by atoms with Gasteiger partial charge < -0.3 is 0 Å². The molecule has 0 spiro atoms. The van der Waals surface area contributed by atoms with Gasteiger partial charge in [0.15, 0.2) is 5.82 Å². The van der Waals surface area contributed by atoms with Crippen LogP contribution in [-0.2, 0) is 6.54 Å². The van der Waals surface area contributed by atoms with Gasteiger partial charge in [-0.25, -0.2) is 0 Å². The van der Waals surface area contributed by atoms with Gasteiger partial charge in [0.2, 0.25) is 0 Å². The van der Waals surface area contributed by atoms with E-state index in [2.05, 4.69) is 25.3 Å². The van der Waals surface area contributed by atoms with Crippen molar-refractivity contribution in [3.8, 4) is 9.85 Å². The Morgan fingerprint density at radius 1 is 1.58 bits per heavy atom. The van der Waals surface area contributed by atoms with E-state index in [1.54, 1.807) is 4.80 Å². The summed E-state index contributed by atoms with van der Waals surface area (Å²) < 4.78 is 2.76. The Morgan fingerprint density at radius 2 is 2.42 bits per heavy atom. The zero-order chi connectivity index (χ0) is 8.39. The molecule has 1 aliphatic carbocycles. The van der Waals surface area contributed by atoms with Crippen LogP contribution in [0.5, 0.6) is 0 Å². The molecule has 0 amide bonds. The van der Waals surface area contributed by atoms with Crippen molar-refractivity contribution >= 4 is 22.6 Å². The van der Waals surface area contributed by atoms with E-state index >= 15 is 0 Å². The van der Waals surface area contributed by atoms with Crippen LogP contribution in [0, 0.1) is 9.85 Å². The van der Waals surface area contributed by atoms with Crippen molar-refractivity contribution < 1.29 is 0 Å². The van der Waals surface area contributed by atoms with Gasteiger partial charge in [-0.15, -0.1) is 10.2 Å². The van der Waals surface area contributed by atoms with Crippen LogP contribution in [0.3, 0.4) is 0 Å². The van der Waals surface area contributed by atoms with Crippen molar-refractivity contribution in [1.29, 1.82) is 0 Å². The number of nitrogens with zero attached hydrogens (tertiary/aromatic N) is 4. The third-order valence-corrected chi connectivity index (χ3v) is 2.08. The predicted octanol–water partition coefficient (Wildman–Crippen LogP) is 0.946. The standard InChI is InChI=1S/C7H7IN4/c8-4-1-5-12-10-7(9-11-12)6-2-3-6/h6H,2-3,5H2. The number of aromatic nitrogens is 4. The second-order valence-electron chi connectivity index (χ2n) is 2.72. The van der Waals surface area contributed by atoms with Gasteiger partial charge in [0.1, 0.15) is 6.54 Å². The van der Waals surface area contributed by atoms with Gasteiger partial charge in [-0.3, -0.25) is 0 Å². The number of rotatable bonds is 2. The Labute approximate surface area is 83.9 Å². The van der Waals surface area contributed by atoms with Crippen LogP contribution < -0.4 is 0 Å². The van der Waals surface area contributed by atoms with Gasteiger partial charge in [0.05, 0.1) is 0 Å². The summed E-state index contributed by atoms with van der Waals surface area (Å²) in [5.74, 6) is 4.33. The highest BCUT2D eigenvalue weighted by atomic mass is 127. The first-order valence-corrected chi connectivity index (χ1v) is 4.84. The first kappa shape index (κ1) is 7.98. The molecule has 0 aliphatic heterocycles. The minimum absolute atomic E-state index is 0.544. The lowest BCUT2D eigenvalue weighted by molar-refractivity contribution is 0.589. The Balaban J connectivity index is 2.05. The maximum absolute atomic E-state index is 4.20. The van der Waals surface area contributed by atoms with E-state index < -0.39 is 0 Å². The summed E-state index contributed by atoms with van der Waals surface area (Å²) in [5, 5.41) is 12.0. The van der Waals surface area contributed by atoms with Gasteiger partial charge in [0.25, 0.3) is 0 Å².